The molecule has 1 saturated heterocycles. The molecule has 122 valence electrons. The molecule has 1 N–H and O–H groups in total. The monoisotopic (exact) mass is 330 g/mol. The molecule has 0 bridgehead atoms. The number of hydrogen-bond donors (Lipinski definition) is 1. The van der Waals surface area contributed by atoms with Gasteiger partial charge in [-0.25, -0.2) is 4.98 Å². The van der Waals surface area contributed by atoms with E-state index >= 15 is 0 Å². The molecule has 1 aromatic heterocycles. The van der Waals surface area contributed by atoms with Gasteiger partial charge in [0.2, 0.25) is 5.91 Å². The Morgan fingerprint density at radius 2 is 2.04 bits per heavy atom. The molecule has 1 aromatic carbocycles. The summed E-state index contributed by atoms with van der Waals surface area (Å²) in [6.45, 7) is 3.39. The number of piperidine rings is 1. The molecule has 0 saturated carbocycles. The number of nitrogens with zero attached hydrogens (tertiary/aromatic N) is 2. The predicted octanol–water partition coefficient (Wildman–Crippen LogP) is 2.97. The van der Waals surface area contributed by atoms with E-state index in [0.29, 0.717) is 6.42 Å². The average molecular weight is 330 g/mol. The van der Waals surface area contributed by atoms with Crippen LogP contribution in [0.1, 0.15) is 35.2 Å². The highest BCUT2D eigenvalue weighted by Crippen LogP contribution is 2.30. The van der Waals surface area contributed by atoms with Gasteiger partial charge < -0.3 is 10.0 Å². The number of carbonyl (C=O) groups is 1. The summed E-state index contributed by atoms with van der Waals surface area (Å²) in [5, 5.41) is 13.5. The van der Waals surface area contributed by atoms with Gasteiger partial charge in [-0.3, -0.25) is 4.79 Å². The van der Waals surface area contributed by atoms with Crippen LogP contribution in [-0.2, 0) is 11.2 Å². The van der Waals surface area contributed by atoms with Crippen LogP contribution in [0.4, 0.5) is 0 Å². The van der Waals surface area contributed by atoms with Gasteiger partial charge in [0.1, 0.15) is 0 Å². The highest BCUT2D eigenvalue weighted by atomic mass is 32.1. The maximum absolute atomic E-state index is 12.4. The fourth-order valence-corrected chi connectivity index (χ4v) is 3.76. The molecule has 5 heteroatoms. The van der Waals surface area contributed by atoms with Crippen molar-refractivity contribution in [3.05, 3.63) is 52.0 Å². The molecule has 0 spiro atoms. The van der Waals surface area contributed by atoms with Crippen molar-refractivity contribution < 1.29 is 9.90 Å². The van der Waals surface area contributed by atoms with E-state index < -0.39 is 6.10 Å². The zero-order valence-corrected chi connectivity index (χ0v) is 14.1. The van der Waals surface area contributed by atoms with Crippen molar-refractivity contribution in [3.63, 3.8) is 0 Å². The zero-order valence-electron chi connectivity index (χ0n) is 13.3. The van der Waals surface area contributed by atoms with E-state index in [4.69, 9.17) is 0 Å². The standard InChI is InChI=1S/C18H22N2O2S/c1-13-19-16(12-23-13)11-17(21)20-9-7-15(8-10-20)18(22)14-5-3-2-4-6-14/h2-6,12,15,18,22H,7-11H2,1H3. The van der Waals surface area contributed by atoms with E-state index in [2.05, 4.69) is 4.98 Å². The molecule has 1 atom stereocenters. The topological polar surface area (TPSA) is 53.4 Å². The first-order chi connectivity index (χ1) is 11.1. The van der Waals surface area contributed by atoms with Crippen LogP contribution >= 0.6 is 11.3 Å². The van der Waals surface area contributed by atoms with Crippen molar-refractivity contribution in [2.45, 2.75) is 32.3 Å². The third-order valence-electron chi connectivity index (χ3n) is 4.48. The number of aryl methyl sites for hydroxylation is 1. The minimum atomic E-state index is -0.436. The summed E-state index contributed by atoms with van der Waals surface area (Å²) in [6.07, 6.45) is 1.64. The third-order valence-corrected chi connectivity index (χ3v) is 5.30. The molecule has 1 aliphatic rings. The van der Waals surface area contributed by atoms with E-state index in [0.717, 1.165) is 42.2 Å². The fraction of sp³-hybridized carbons (Fsp3) is 0.444. The lowest BCUT2D eigenvalue weighted by molar-refractivity contribution is -0.132. The molecule has 1 unspecified atom stereocenters. The van der Waals surface area contributed by atoms with E-state index in [1.807, 2.05) is 47.5 Å². The Labute approximate surface area is 140 Å². The number of likely N-dealkylation sites (tertiary alicyclic amines) is 1. The zero-order chi connectivity index (χ0) is 16.2. The van der Waals surface area contributed by atoms with Gasteiger partial charge in [-0.1, -0.05) is 30.3 Å². The minimum absolute atomic E-state index is 0.142. The summed E-state index contributed by atoms with van der Waals surface area (Å²) >= 11 is 1.58. The van der Waals surface area contributed by atoms with Crippen LogP contribution in [0, 0.1) is 12.8 Å². The Kier molecular flexibility index (Phi) is 5.08. The van der Waals surface area contributed by atoms with Crippen LogP contribution < -0.4 is 0 Å². The van der Waals surface area contributed by atoms with Crippen molar-refractivity contribution >= 4 is 17.2 Å². The van der Waals surface area contributed by atoms with Crippen molar-refractivity contribution in [1.82, 2.24) is 9.88 Å². The lowest BCUT2D eigenvalue weighted by Gasteiger charge is -2.34. The summed E-state index contributed by atoms with van der Waals surface area (Å²) in [5.74, 6) is 0.367. The Balaban J connectivity index is 1.53. The van der Waals surface area contributed by atoms with Crippen molar-refractivity contribution in [1.29, 1.82) is 0 Å². The normalized spacial score (nSPS) is 17.2. The van der Waals surface area contributed by atoms with Gasteiger partial charge in [-0.15, -0.1) is 11.3 Å². The highest BCUT2D eigenvalue weighted by molar-refractivity contribution is 7.09. The smallest absolute Gasteiger partial charge is 0.228 e. The Morgan fingerprint density at radius 3 is 2.65 bits per heavy atom. The molecule has 1 aliphatic heterocycles. The molecule has 1 amide bonds. The number of carbonyl (C=O) groups excluding carboxylic acids is 1. The molecule has 1 fully saturated rings. The molecule has 0 radical (unpaired) electrons. The molecule has 3 rings (SSSR count). The van der Waals surface area contributed by atoms with Gasteiger partial charge in [0.15, 0.2) is 0 Å². The number of aliphatic hydroxyl groups is 1. The van der Waals surface area contributed by atoms with Crippen LogP contribution in [0.3, 0.4) is 0 Å². The minimum Gasteiger partial charge on any atom is -0.388 e. The number of amides is 1. The summed E-state index contributed by atoms with van der Waals surface area (Å²) in [6, 6.07) is 9.79. The van der Waals surface area contributed by atoms with Crippen LogP contribution in [0.5, 0.6) is 0 Å². The van der Waals surface area contributed by atoms with E-state index in [1.165, 1.54) is 0 Å². The summed E-state index contributed by atoms with van der Waals surface area (Å²) in [4.78, 5) is 18.6. The van der Waals surface area contributed by atoms with Gasteiger partial charge in [0.05, 0.1) is 23.2 Å². The van der Waals surface area contributed by atoms with Gasteiger partial charge in [-0.2, -0.15) is 0 Å². The van der Waals surface area contributed by atoms with Crippen molar-refractivity contribution in [2.75, 3.05) is 13.1 Å². The molecule has 0 aliphatic carbocycles. The second-order valence-electron chi connectivity index (χ2n) is 6.11. The number of rotatable bonds is 4. The number of hydrogen-bond acceptors (Lipinski definition) is 4. The maximum Gasteiger partial charge on any atom is 0.228 e. The molecular weight excluding hydrogens is 308 g/mol. The highest BCUT2D eigenvalue weighted by Gasteiger charge is 2.28. The van der Waals surface area contributed by atoms with Gasteiger partial charge in [-0.05, 0) is 31.2 Å². The Bertz CT molecular complexity index is 648. The first-order valence-electron chi connectivity index (χ1n) is 8.05. The predicted molar refractivity (Wildman–Crippen MR) is 91.3 cm³/mol. The summed E-state index contributed by atoms with van der Waals surface area (Å²) in [7, 11) is 0. The molecule has 23 heavy (non-hydrogen) atoms. The van der Waals surface area contributed by atoms with E-state index in [1.54, 1.807) is 11.3 Å². The second-order valence-corrected chi connectivity index (χ2v) is 7.17. The van der Waals surface area contributed by atoms with Crippen LogP contribution in [0.2, 0.25) is 0 Å². The number of thiazole rings is 1. The Morgan fingerprint density at radius 1 is 1.35 bits per heavy atom. The lowest BCUT2D eigenvalue weighted by atomic mass is 9.87. The van der Waals surface area contributed by atoms with E-state index in [-0.39, 0.29) is 11.8 Å². The summed E-state index contributed by atoms with van der Waals surface area (Å²) < 4.78 is 0. The second kappa shape index (κ2) is 7.23. The van der Waals surface area contributed by atoms with Crippen LogP contribution in [0.25, 0.3) is 0 Å². The maximum atomic E-state index is 12.4. The van der Waals surface area contributed by atoms with Gasteiger partial charge in [0, 0.05) is 18.5 Å². The number of aromatic nitrogens is 1. The number of aliphatic hydroxyl groups excluding tert-OH is 1. The summed E-state index contributed by atoms with van der Waals surface area (Å²) in [5.41, 5.74) is 1.83. The molecular formula is C18H22N2O2S. The SMILES string of the molecule is Cc1nc(CC(=O)N2CCC(C(O)c3ccccc3)CC2)cs1. The quantitative estimate of drug-likeness (QED) is 0.938. The largest absolute Gasteiger partial charge is 0.388 e. The first kappa shape index (κ1) is 16.1. The van der Waals surface area contributed by atoms with Crippen molar-refractivity contribution in [2.24, 2.45) is 5.92 Å². The molecule has 4 nitrogen and oxygen atoms in total. The molecule has 2 heterocycles. The number of benzene rings is 1. The molecule has 2 aromatic rings. The fourth-order valence-electron chi connectivity index (χ4n) is 3.14. The third kappa shape index (κ3) is 3.98. The van der Waals surface area contributed by atoms with Crippen molar-refractivity contribution in [3.8, 4) is 0 Å². The van der Waals surface area contributed by atoms with Gasteiger partial charge >= 0.3 is 0 Å². The Hall–Kier alpha value is -1.72. The van der Waals surface area contributed by atoms with Crippen LogP contribution in [0.15, 0.2) is 35.7 Å². The van der Waals surface area contributed by atoms with Crippen LogP contribution in [-0.4, -0.2) is 34.0 Å². The van der Waals surface area contributed by atoms with E-state index in [9.17, 15) is 9.90 Å². The van der Waals surface area contributed by atoms with Gasteiger partial charge in [0.25, 0.3) is 0 Å². The lowest BCUT2D eigenvalue weighted by Crippen LogP contribution is -2.40. The first-order valence-corrected chi connectivity index (χ1v) is 8.93. The average Bonchev–Trinajstić information content (AvgIpc) is 3.00.